The molecule has 1 saturated carbocycles. The molecule has 2 fully saturated rings. The number of amides is 1. The Morgan fingerprint density at radius 1 is 1.38 bits per heavy atom. The normalized spacial score (nSPS) is 27.2. The first kappa shape index (κ1) is 17.2. The van der Waals surface area contributed by atoms with E-state index >= 15 is 0 Å². The summed E-state index contributed by atoms with van der Waals surface area (Å²) in [6.45, 7) is 1.75. The Kier molecular flexibility index (Phi) is 5.74. The molecular weight excluding hydrogens is 306 g/mol. The molecule has 1 aliphatic heterocycles. The summed E-state index contributed by atoms with van der Waals surface area (Å²) in [7, 11) is 1.65. The molecule has 5 heteroatoms. The van der Waals surface area contributed by atoms with Gasteiger partial charge in [-0.3, -0.25) is 4.79 Å². The van der Waals surface area contributed by atoms with Gasteiger partial charge in [0.15, 0.2) is 0 Å². The van der Waals surface area contributed by atoms with Crippen LogP contribution in [0.4, 0.5) is 0 Å². The molecule has 1 aromatic carbocycles. The Morgan fingerprint density at radius 3 is 2.96 bits per heavy atom. The number of para-hydroxylation sites is 1. The van der Waals surface area contributed by atoms with Crippen LogP contribution < -0.4 is 4.74 Å². The van der Waals surface area contributed by atoms with Crippen molar-refractivity contribution in [2.45, 2.75) is 44.2 Å². The fourth-order valence-corrected chi connectivity index (χ4v) is 4.00. The molecule has 3 atom stereocenters. The predicted molar refractivity (Wildman–Crippen MR) is 91.0 cm³/mol. The topological polar surface area (TPSA) is 59.0 Å². The zero-order chi connectivity index (χ0) is 16.9. The third kappa shape index (κ3) is 3.73. The van der Waals surface area contributed by atoms with E-state index in [-0.39, 0.29) is 24.0 Å². The summed E-state index contributed by atoms with van der Waals surface area (Å²) in [5.41, 5.74) is 1.05. The van der Waals surface area contributed by atoms with Crippen LogP contribution in [0.25, 0.3) is 0 Å². The Morgan fingerprint density at radius 2 is 2.21 bits per heavy atom. The van der Waals surface area contributed by atoms with E-state index in [0.717, 1.165) is 30.6 Å². The third-order valence-corrected chi connectivity index (χ3v) is 5.31. The summed E-state index contributed by atoms with van der Waals surface area (Å²) in [6.07, 6.45) is 3.67. The lowest BCUT2D eigenvalue weighted by Gasteiger charge is -2.40. The molecule has 0 bridgehead atoms. The van der Waals surface area contributed by atoms with Gasteiger partial charge in [-0.1, -0.05) is 24.6 Å². The molecule has 5 nitrogen and oxygen atoms in total. The van der Waals surface area contributed by atoms with E-state index < -0.39 is 0 Å². The summed E-state index contributed by atoms with van der Waals surface area (Å²) in [4.78, 5) is 14.7. The number of rotatable bonds is 5. The number of morpholine rings is 1. The highest BCUT2D eigenvalue weighted by Crippen LogP contribution is 2.32. The van der Waals surface area contributed by atoms with Crippen molar-refractivity contribution in [2.24, 2.45) is 5.92 Å². The fraction of sp³-hybridized carbons (Fsp3) is 0.632. The molecule has 0 unspecified atom stereocenters. The molecule has 1 aliphatic carbocycles. The second-order valence-electron chi connectivity index (χ2n) is 6.70. The van der Waals surface area contributed by atoms with Gasteiger partial charge >= 0.3 is 0 Å². The van der Waals surface area contributed by atoms with E-state index in [9.17, 15) is 9.90 Å². The van der Waals surface area contributed by atoms with E-state index in [2.05, 4.69) is 0 Å². The number of hydrogen-bond donors (Lipinski definition) is 1. The maximum absolute atomic E-state index is 12.8. The highest BCUT2D eigenvalue weighted by molar-refractivity contribution is 5.77. The number of aliphatic hydroxyl groups excluding tert-OH is 1. The number of carbonyl (C=O) groups is 1. The molecule has 0 aromatic heterocycles. The van der Waals surface area contributed by atoms with Crippen LogP contribution in [0.3, 0.4) is 0 Å². The number of carbonyl (C=O) groups excluding carboxylic acids is 1. The summed E-state index contributed by atoms with van der Waals surface area (Å²) in [6, 6.07) is 7.84. The fourth-order valence-electron chi connectivity index (χ4n) is 4.00. The maximum atomic E-state index is 12.8. The van der Waals surface area contributed by atoms with E-state index in [1.165, 1.54) is 0 Å². The van der Waals surface area contributed by atoms with Crippen LogP contribution in [0, 0.1) is 5.92 Å². The van der Waals surface area contributed by atoms with Crippen LogP contribution >= 0.6 is 0 Å². The molecule has 0 radical (unpaired) electrons. The summed E-state index contributed by atoms with van der Waals surface area (Å²) < 4.78 is 11.0. The van der Waals surface area contributed by atoms with Crippen LogP contribution in [0.5, 0.6) is 5.75 Å². The predicted octanol–water partition coefficient (Wildman–Crippen LogP) is 2.02. The monoisotopic (exact) mass is 333 g/mol. The molecule has 1 heterocycles. The highest BCUT2D eigenvalue weighted by Gasteiger charge is 2.39. The number of aliphatic hydroxyl groups is 1. The first-order chi connectivity index (χ1) is 11.7. The largest absolute Gasteiger partial charge is 0.496 e. The van der Waals surface area contributed by atoms with Crippen molar-refractivity contribution >= 4 is 5.91 Å². The standard InChI is InChI=1S/C19H27NO4/c1-23-18-8-3-2-5-14(18)9-10-19(22)20-11-12-24-13-16(20)15-6-4-7-17(15)21/h2-3,5,8,15-17,21H,4,6-7,9-13H2,1H3/t15-,16-,17-/m1/s1. The highest BCUT2D eigenvalue weighted by atomic mass is 16.5. The smallest absolute Gasteiger partial charge is 0.223 e. The molecule has 132 valence electrons. The van der Waals surface area contributed by atoms with Gasteiger partial charge in [-0.2, -0.15) is 0 Å². The van der Waals surface area contributed by atoms with Gasteiger partial charge < -0.3 is 19.5 Å². The van der Waals surface area contributed by atoms with E-state index in [0.29, 0.717) is 32.6 Å². The molecule has 1 amide bonds. The van der Waals surface area contributed by atoms with Gasteiger partial charge in [0.05, 0.1) is 32.5 Å². The zero-order valence-electron chi connectivity index (χ0n) is 14.3. The average molecular weight is 333 g/mol. The van der Waals surface area contributed by atoms with Crippen molar-refractivity contribution in [3.05, 3.63) is 29.8 Å². The van der Waals surface area contributed by atoms with Crippen molar-refractivity contribution in [1.82, 2.24) is 4.90 Å². The first-order valence-electron chi connectivity index (χ1n) is 8.88. The van der Waals surface area contributed by atoms with Crippen LogP contribution in [0.1, 0.15) is 31.2 Å². The van der Waals surface area contributed by atoms with Crippen LogP contribution in [0.15, 0.2) is 24.3 Å². The van der Waals surface area contributed by atoms with Crippen molar-refractivity contribution in [3.63, 3.8) is 0 Å². The maximum Gasteiger partial charge on any atom is 0.223 e. The Bertz CT molecular complexity index is 562. The van der Waals surface area contributed by atoms with Crippen molar-refractivity contribution in [1.29, 1.82) is 0 Å². The van der Waals surface area contributed by atoms with Gasteiger partial charge in [-0.25, -0.2) is 0 Å². The lowest BCUT2D eigenvalue weighted by atomic mass is 9.93. The van der Waals surface area contributed by atoms with Gasteiger partial charge in [-0.15, -0.1) is 0 Å². The molecule has 1 saturated heterocycles. The van der Waals surface area contributed by atoms with Gasteiger partial charge in [0.2, 0.25) is 5.91 Å². The van der Waals surface area contributed by atoms with Gasteiger partial charge in [-0.05, 0) is 30.9 Å². The molecule has 1 N–H and O–H groups in total. The number of ether oxygens (including phenoxy) is 2. The summed E-state index contributed by atoms with van der Waals surface area (Å²) in [5.74, 6) is 1.13. The lowest BCUT2D eigenvalue weighted by Crippen LogP contribution is -2.53. The molecule has 24 heavy (non-hydrogen) atoms. The van der Waals surface area contributed by atoms with Crippen LogP contribution in [0.2, 0.25) is 0 Å². The van der Waals surface area contributed by atoms with Crippen molar-refractivity contribution in [3.8, 4) is 5.75 Å². The Balaban J connectivity index is 1.64. The number of nitrogens with zero attached hydrogens (tertiary/aromatic N) is 1. The Labute approximate surface area is 143 Å². The average Bonchev–Trinajstić information content (AvgIpc) is 3.05. The summed E-state index contributed by atoms with van der Waals surface area (Å²) >= 11 is 0. The van der Waals surface area contributed by atoms with Gasteiger partial charge in [0, 0.05) is 18.9 Å². The molecule has 1 aromatic rings. The third-order valence-electron chi connectivity index (χ3n) is 5.31. The van der Waals surface area contributed by atoms with E-state index in [1.807, 2.05) is 29.2 Å². The minimum atomic E-state index is -0.304. The Hall–Kier alpha value is -1.59. The summed E-state index contributed by atoms with van der Waals surface area (Å²) in [5, 5.41) is 10.2. The van der Waals surface area contributed by atoms with Gasteiger partial charge in [0.1, 0.15) is 5.75 Å². The number of aryl methyl sites for hydroxylation is 1. The van der Waals surface area contributed by atoms with Crippen LogP contribution in [-0.2, 0) is 16.0 Å². The van der Waals surface area contributed by atoms with E-state index in [1.54, 1.807) is 7.11 Å². The van der Waals surface area contributed by atoms with Crippen LogP contribution in [-0.4, -0.2) is 54.9 Å². The van der Waals surface area contributed by atoms with Gasteiger partial charge in [0.25, 0.3) is 0 Å². The second-order valence-corrected chi connectivity index (χ2v) is 6.70. The SMILES string of the molecule is COc1ccccc1CCC(=O)N1CCOC[C@@H]1[C@H]1CCC[C@H]1O. The zero-order valence-corrected chi connectivity index (χ0v) is 14.3. The lowest BCUT2D eigenvalue weighted by molar-refractivity contribution is -0.143. The van der Waals surface area contributed by atoms with E-state index in [4.69, 9.17) is 9.47 Å². The number of hydrogen-bond acceptors (Lipinski definition) is 4. The second kappa shape index (κ2) is 7.99. The quantitative estimate of drug-likeness (QED) is 0.895. The number of methoxy groups -OCH3 is 1. The molecular formula is C19H27NO4. The molecule has 0 spiro atoms. The van der Waals surface area contributed by atoms with Crippen molar-refractivity contribution in [2.75, 3.05) is 26.9 Å². The molecule has 2 aliphatic rings. The minimum absolute atomic E-state index is 0.0152. The number of benzene rings is 1. The van der Waals surface area contributed by atoms with Crippen molar-refractivity contribution < 1.29 is 19.4 Å². The first-order valence-corrected chi connectivity index (χ1v) is 8.88. The molecule has 3 rings (SSSR count). The minimum Gasteiger partial charge on any atom is -0.496 e.